The maximum Gasteiger partial charge on any atom is 0.224 e. The molecule has 6 aromatic rings. The van der Waals surface area contributed by atoms with Gasteiger partial charge in [0.2, 0.25) is 23.6 Å². The zero-order valence-corrected chi connectivity index (χ0v) is 39.7. The van der Waals surface area contributed by atoms with E-state index >= 15 is 0 Å². The molecule has 0 bridgehead atoms. The smallest absolute Gasteiger partial charge is 0.224 e. The van der Waals surface area contributed by atoms with Crippen LogP contribution < -0.4 is 54.2 Å². The molecule has 0 saturated carbocycles. The van der Waals surface area contributed by atoms with Crippen LogP contribution in [0.1, 0.15) is 61.6 Å². The highest BCUT2D eigenvalue weighted by molar-refractivity contribution is 7.95. The molecule has 0 aliphatic carbocycles. The lowest BCUT2D eigenvalue weighted by Crippen LogP contribution is -3.00. The van der Waals surface area contributed by atoms with E-state index < -0.39 is 12.8 Å². The molecule has 0 fully saturated rings. The maximum atomic E-state index is 14.7. The van der Waals surface area contributed by atoms with Gasteiger partial charge in [-0.05, 0) is 91.6 Å². The molecule has 4 amide bonds. The van der Waals surface area contributed by atoms with Gasteiger partial charge in [0.25, 0.3) is 0 Å². The average molecular weight is 954 g/mol. The molecule has 0 heterocycles. The summed E-state index contributed by atoms with van der Waals surface area (Å²) < 4.78 is 0. The van der Waals surface area contributed by atoms with Crippen molar-refractivity contribution in [3.8, 4) is 0 Å². The number of amides is 4. The quantitative estimate of drug-likeness (QED) is 0.0627. The summed E-state index contributed by atoms with van der Waals surface area (Å²) in [5.41, 5.74) is 2.23. The topological polar surface area (TPSA) is 116 Å². The molecular formula is C55H62BrN4O4P. The van der Waals surface area contributed by atoms with Crippen molar-refractivity contribution in [1.82, 2.24) is 21.3 Å². The summed E-state index contributed by atoms with van der Waals surface area (Å²) in [5.74, 6) is -0.734. The molecule has 8 nitrogen and oxygen atoms in total. The van der Waals surface area contributed by atoms with Crippen LogP contribution in [0, 0.1) is 0 Å². The van der Waals surface area contributed by atoms with Crippen molar-refractivity contribution in [2.75, 3.05) is 25.8 Å². The molecule has 65 heavy (non-hydrogen) atoms. The minimum absolute atomic E-state index is 0. The standard InChI is InChI=1S/C55H61N4O4P.BrH/c60-51(37-19-28-45-22-7-1-8-23-45)56-42-55(43-57-52(61)38-20-29-46-24-9-2-10-25-46,44-58-53(62)39-21-30-47-26-11-3-12-27-47)59-54(63)40-41-64(48-31-13-4-14-32-48,49-33-15-5-16-34-49)50-35-17-6-18-36-50;/h1-18,22-27,31-36H,19-21,28-30,37-44H2,(H3-,56,57,58,59,60,61,62,63);1H. The SMILES string of the molecule is O=C(CCCc1ccccc1)NCC(CNC(=O)CCCc1ccccc1)(CNC(=O)CCCc1ccccc1)NC(=O)CC[P+](c1ccccc1)(c1ccccc1)c1ccccc1.[Br-]. The summed E-state index contributed by atoms with van der Waals surface area (Å²) in [6, 6.07) is 61.4. The summed E-state index contributed by atoms with van der Waals surface area (Å²) in [4.78, 5) is 55.3. The molecule has 0 aromatic heterocycles. The van der Waals surface area contributed by atoms with Crippen LogP contribution in [0.2, 0.25) is 0 Å². The van der Waals surface area contributed by atoms with E-state index in [4.69, 9.17) is 0 Å². The van der Waals surface area contributed by atoms with Gasteiger partial charge in [-0.2, -0.15) is 0 Å². The van der Waals surface area contributed by atoms with Gasteiger partial charge in [-0.25, -0.2) is 0 Å². The van der Waals surface area contributed by atoms with E-state index in [0.29, 0.717) is 25.4 Å². The fourth-order valence-electron chi connectivity index (χ4n) is 8.19. The minimum Gasteiger partial charge on any atom is -1.00 e. The van der Waals surface area contributed by atoms with E-state index in [1.165, 1.54) is 15.9 Å². The number of benzene rings is 6. The van der Waals surface area contributed by atoms with E-state index in [1.54, 1.807) is 0 Å². The molecule has 0 radical (unpaired) electrons. The Morgan fingerprint density at radius 1 is 0.369 bits per heavy atom. The van der Waals surface area contributed by atoms with Crippen LogP contribution in [0.5, 0.6) is 0 Å². The van der Waals surface area contributed by atoms with Crippen molar-refractivity contribution in [3.63, 3.8) is 0 Å². The largest absolute Gasteiger partial charge is 1.00 e. The number of halogens is 1. The van der Waals surface area contributed by atoms with Crippen LogP contribution in [0.15, 0.2) is 182 Å². The van der Waals surface area contributed by atoms with Gasteiger partial charge >= 0.3 is 0 Å². The number of carbonyl (C=O) groups is 4. The molecule has 4 N–H and O–H groups in total. The highest BCUT2D eigenvalue weighted by Crippen LogP contribution is 2.55. The summed E-state index contributed by atoms with van der Waals surface area (Å²) in [5, 5.41) is 16.1. The van der Waals surface area contributed by atoms with E-state index in [1.807, 2.05) is 109 Å². The number of hydrogen-bond donors (Lipinski definition) is 4. The summed E-state index contributed by atoms with van der Waals surface area (Å²) in [6.07, 6.45) is 5.77. The first-order valence-electron chi connectivity index (χ1n) is 22.6. The molecule has 0 atom stereocenters. The Kier molecular flexibility index (Phi) is 20.7. The Labute approximate surface area is 396 Å². The zero-order valence-electron chi connectivity index (χ0n) is 37.2. The first-order valence-corrected chi connectivity index (χ1v) is 24.6. The van der Waals surface area contributed by atoms with E-state index in [9.17, 15) is 19.2 Å². The van der Waals surface area contributed by atoms with Crippen molar-refractivity contribution in [3.05, 3.63) is 199 Å². The van der Waals surface area contributed by atoms with Crippen LogP contribution in [0.3, 0.4) is 0 Å². The van der Waals surface area contributed by atoms with E-state index in [-0.39, 0.29) is 85.9 Å². The Bertz CT molecular complexity index is 2080. The molecule has 0 unspecified atom stereocenters. The molecule has 10 heteroatoms. The predicted octanol–water partition coefficient (Wildman–Crippen LogP) is 4.65. The first kappa shape index (κ1) is 50.1. The van der Waals surface area contributed by atoms with Gasteiger partial charge < -0.3 is 38.2 Å². The molecule has 338 valence electrons. The first-order chi connectivity index (χ1) is 31.3. The van der Waals surface area contributed by atoms with Crippen molar-refractivity contribution in [2.45, 2.75) is 69.7 Å². The lowest BCUT2D eigenvalue weighted by atomic mass is 9.97. The third kappa shape index (κ3) is 15.9. The Hall–Kier alpha value is -5.89. The lowest BCUT2D eigenvalue weighted by Gasteiger charge is -2.36. The third-order valence-corrected chi connectivity index (χ3v) is 16.1. The van der Waals surface area contributed by atoms with Gasteiger partial charge in [-0.1, -0.05) is 146 Å². The summed E-state index contributed by atoms with van der Waals surface area (Å²) in [6.45, 7) is 0.0233. The molecule has 6 rings (SSSR count). The second-order valence-electron chi connectivity index (χ2n) is 16.5. The third-order valence-electron chi connectivity index (χ3n) is 11.7. The monoisotopic (exact) mass is 952 g/mol. The maximum absolute atomic E-state index is 14.7. The Balaban J connectivity index is 0.00000793. The summed E-state index contributed by atoms with van der Waals surface area (Å²) in [7, 11) is -2.35. The van der Waals surface area contributed by atoms with Crippen LogP contribution in [0.4, 0.5) is 0 Å². The molecule has 0 saturated heterocycles. The number of rotatable bonds is 25. The number of carbonyl (C=O) groups excluding carboxylic acids is 4. The predicted molar refractivity (Wildman–Crippen MR) is 263 cm³/mol. The van der Waals surface area contributed by atoms with Gasteiger partial charge in [0.1, 0.15) is 23.2 Å². The van der Waals surface area contributed by atoms with Crippen LogP contribution in [0.25, 0.3) is 0 Å². The molecule has 0 aliphatic rings. The van der Waals surface area contributed by atoms with Crippen molar-refractivity contribution in [1.29, 1.82) is 0 Å². The van der Waals surface area contributed by atoms with Gasteiger partial charge in [-0.3, -0.25) is 19.2 Å². The van der Waals surface area contributed by atoms with Gasteiger partial charge in [-0.15, -0.1) is 0 Å². The van der Waals surface area contributed by atoms with E-state index in [2.05, 4.69) is 94.1 Å². The highest BCUT2D eigenvalue weighted by Gasteiger charge is 2.46. The van der Waals surface area contributed by atoms with Crippen molar-refractivity contribution < 1.29 is 36.2 Å². The van der Waals surface area contributed by atoms with Gasteiger partial charge in [0, 0.05) is 38.9 Å². The second kappa shape index (κ2) is 26.8. The molecule has 6 aromatic carbocycles. The zero-order chi connectivity index (χ0) is 44.7. The fourth-order valence-corrected chi connectivity index (χ4v) is 12.4. The molecule has 0 aliphatic heterocycles. The van der Waals surface area contributed by atoms with Gasteiger partial charge in [0.15, 0.2) is 0 Å². The van der Waals surface area contributed by atoms with E-state index in [0.717, 1.165) is 36.0 Å². The van der Waals surface area contributed by atoms with Gasteiger partial charge in [0.05, 0.1) is 18.1 Å². The average Bonchev–Trinajstić information content (AvgIpc) is 3.34. The second-order valence-corrected chi connectivity index (χ2v) is 20.1. The Morgan fingerprint density at radius 2 is 0.646 bits per heavy atom. The lowest BCUT2D eigenvalue weighted by molar-refractivity contribution is -0.126. The van der Waals surface area contributed by atoms with Crippen molar-refractivity contribution >= 4 is 46.8 Å². The Morgan fingerprint density at radius 3 is 0.938 bits per heavy atom. The number of hydrogen-bond acceptors (Lipinski definition) is 4. The highest BCUT2D eigenvalue weighted by atomic mass is 79.9. The van der Waals surface area contributed by atoms with Crippen molar-refractivity contribution in [2.24, 2.45) is 0 Å². The molecule has 0 spiro atoms. The number of nitrogens with one attached hydrogen (secondary N) is 4. The van der Waals surface area contributed by atoms with Crippen LogP contribution in [-0.2, 0) is 38.4 Å². The fraction of sp³-hybridized carbons (Fsp3) is 0.273. The number of aryl methyl sites for hydroxylation is 3. The normalized spacial score (nSPS) is 11.1. The molecular weight excluding hydrogens is 892 g/mol. The minimum atomic E-state index is -2.35. The summed E-state index contributed by atoms with van der Waals surface area (Å²) >= 11 is 0. The van der Waals surface area contributed by atoms with Crippen LogP contribution >= 0.6 is 7.26 Å². The van der Waals surface area contributed by atoms with Crippen LogP contribution in [-0.4, -0.2) is 55.0 Å².